The summed E-state index contributed by atoms with van der Waals surface area (Å²) in [4.78, 5) is 13.3. The van der Waals surface area contributed by atoms with Crippen LogP contribution in [-0.4, -0.2) is 30.4 Å². The van der Waals surface area contributed by atoms with Gasteiger partial charge in [-0.15, -0.1) is 0 Å². The fourth-order valence-electron chi connectivity index (χ4n) is 4.70. The number of aromatic nitrogens is 1. The lowest BCUT2D eigenvalue weighted by atomic mass is 9.84. The van der Waals surface area contributed by atoms with Crippen molar-refractivity contribution in [3.63, 3.8) is 0 Å². The van der Waals surface area contributed by atoms with E-state index in [0.29, 0.717) is 30.2 Å². The second-order valence-electron chi connectivity index (χ2n) is 8.17. The van der Waals surface area contributed by atoms with Crippen LogP contribution in [0.15, 0.2) is 70.4 Å². The molecule has 1 fully saturated rings. The maximum atomic E-state index is 13.2. The van der Waals surface area contributed by atoms with Gasteiger partial charge in [-0.25, -0.2) is 12.8 Å². The molecule has 0 amide bonds. The zero-order chi connectivity index (χ0) is 21.8. The molecule has 1 saturated heterocycles. The summed E-state index contributed by atoms with van der Waals surface area (Å²) in [7, 11) is -3.72. The van der Waals surface area contributed by atoms with Crippen LogP contribution in [0.5, 0.6) is 0 Å². The van der Waals surface area contributed by atoms with Crippen LogP contribution in [-0.2, 0) is 16.6 Å². The van der Waals surface area contributed by atoms with E-state index in [1.165, 1.54) is 16.4 Å². The number of pyridine rings is 1. The summed E-state index contributed by atoms with van der Waals surface area (Å²) in [5, 5.41) is 0.610. The van der Waals surface area contributed by atoms with Gasteiger partial charge in [-0.3, -0.25) is 4.79 Å². The molecule has 0 aliphatic carbocycles. The van der Waals surface area contributed by atoms with Crippen molar-refractivity contribution in [2.75, 3.05) is 13.1 Å². The minimum absolute atomic E-state index is 0.0413. The van der Waals surface area contributed by atoms with Crippen LogP contribution in [0, 0.1) is 11.7 Å². The van der Waals surface area contributed by atoms with Gasteiger partial charge in [-0.2, -0.15) is 4.31 Å². The number of halogens is 2. The number of piperidine rings is 1. The van der Waals surface area contributed by atoms with Gasteiger partial charge < -0.3 is 4.57 Å². The molecule has 31 heavy (non-hydrogen) atoms. The normalized spacial score (nSPS) is 21.0. The molecule has 3 aromatic rings. The largest absolute Gasteiger partial charge is 0.311 e. The maximum absolute atomic E-state index is 13.2. The first-order valence-electron chi connectivity index (χ1n) is 10.1. The van der Waals surface area contributed by atoms with Gasteiger partial charge in [-0.1, -0.05) is 23.7 Å². The molecule has 2 bridgehead atoms. The number of fused-ring (bicyclic) bond motifs is 4. The highest BCUT2D eigenvalue weighted by Crippen LogP contribution is 2.37. The highest BCUT2D eigenvalue weighted by molar-refractivity contribution is 7.89. The quantitative estimate of drug-likeness (QED) is 0.593. The van der Waals surface area contributed by atoms with Crippen molar-refractivity contribution in [3.05, 3.63) is 87.6 Å². The molecule has 5 nitrogen and oxygen atoms in total. The lowest BCUT2D eigenvalue weighted by Gasteiger charge is -2.42. The second kappa shape index (κ2) is 7.58. The van der Waals surface area contributed by atoms with Crippen LogP contribution in [0.1, 0.15) is 18.0 Å². The molecule has 3 heterocycles. The SMILES string of the molecule is O=c1c(-c2ccc(Cl)cc2)ccc2n1C[C@H]1C[C@@H]2CN(S(=O)(=O)c2ccc(F)cc2)C1. The molecule has 1 aromatic heterocycles. The van der Waals surface area contributed by atoms with Gasteiger partial charge >= 0.3 is 0 Å². The van der Waals surface area contributed by atoms with Crippen LogP contribution < -0.4 is 5.56 Å². The summed E-state index contributed by atoms with van der Waals surface area (Å²) in [6.45, 7) is 1.12. The smallest absolute Gasteiger partial charge is 0.258 e. The molecule has 0 saturated carbocycles. The van der Waals surface area contributed by atoms with Gasteiger partial charge in [0.05, 0.1) is 4.90 Å². The van der Waals surface area contributed by atoms with E-state index in [2.05, 4.69) is 0 Å². The van der Waals surface area contributed by atoms with Crippen LogP contribution in [0.25, 0.3) is 11.1 Å². The average molecular weight is 459 g/mol. The molecular weight excluding hydrogens is 439 g/mol. The third-order valence-corrected chi connectivity index (χ3v) is 8.28. The average Bonchev–Trinajstić information content (AvgIpc) is 2.75. The van der Waals surface area contributed by atoms with E-state index < -0.39 is 15.8 Å². The Hall–Kier alpha value is -2.48. The topological polar surface area (TPSA) is 59.4 Å². The highest BCUT2D eigenvalue weighted by Gasteiger charge is 2.39. The third kappa shape index (κ3) is 3.60. The first-order valence-corrected chi connectivity index (χ1v) is 11.9. The van der Waals surface area contributed by atoms with Crippen LogP contribution in [0.2, 0.25) is 5.02 Å². The molecule has 0 spiro atoms. The molecule has 2 aliphatic rings. The van der Waals surface area contributed by atoms with Gasteiger partial charge in [0, 0.05) is 41.8 Å². The Morgan fingerprint density at radius 2 is 1.61 bits per heavy atom. The highest BCUT2D eigenvalue weighted by atomic mass is 35.5. The van der Waals surface area contributed by atoms with E-state index in [1.807, 2.05) is 24.3 Å². The van der Waals surface area contributed by atoms with Gasteiger partial charge in [0.1, 0.15) is 5.82 Å². The molecule has 2 aromatic carbocycles. The van der Waals surface area contributed by atoms with Gasteiger partial charge in [-0.05, 0) is 66.4 Å². The van der Waals surface area contributed by atoms with Crippen molar-refractivity contribution in [1.82, 2.24) is 8.87 Å². The molecule has 0 unspecified atom stereocenters. The molecular formula is C23H20ClFN2O3S. The maximum Gasteiger partial charge on any atom is 0.258 e. The molecule has 0 radical (unpaired) electrons. The lowest BCUT2D eigenvalue weighted by Crippen LogP contribution is -2.49. The number of hydrogen-bond donors (Lipinski definition) is 0. The molecule has 8 heteroatoms. The van der Waals surface area contributed by atoms with E-state index in [4.69, 9.17) is 11.6 Å². The van der Waals surface area contributed by atoms with Crippen molar-refractivity contribution in [1.29, 1.82) is 0 Å². The standard InChI is InChI=1S/C23H20ClFN2O3S/c24-18-3-1-16(2-4-18)21-9-10-22-17-11-15(13-27(22)23(21)28)12-26(14-17)31(29,30)20-7-5-19(25)6-8-20/h1-10,15,17H,11-14H2/t15-,17+/m0/s1. The van der Waals surface area contributed by atoms with Crippen molar-refractivity contribution in [2.45, 2.75) is 23.8 Å². The van der Waals surface area contributed by atoms with Gasteiger partial charge in [0.2, 0.25) is 10.0 Å². The Labute approximate surface area is 184 Å². The molecule has 0 N–H and O–H groups in total. The minimum atomic E-state index is -3.72. The van der Waals surface area contributed by atoms with E-state index >= 15 is 0 Å². The Bertz CT molecular complexity index is 1300. The van der Waals surface area contributed by atoms with E-state index in [1.54, 1.807) is 16.7 Å². The minimum Gasteiger partial charge on any atom is -0.311 e. The molecule has 5 rings (SSSR count). The predicted molar refractivity (Wildman–Crippen MR) is 117 cm³/mol. The van der Waals surface area contributed by atoms with Gasteiger partial charge in [0.15, 0.2) is 0 Å². The Kier molecular flexibility index (Phi) is 5.00. The number of sulfonamides is 1. The summed E-state index contributed by atoms with van der Waals surface area (Å²) >= 11 is 5.97. The third-order valence-electron chi connectivity index (χ3n) is 6.18. The van der Waals surface area contributed by atoms with E-state index in [9.17, 15) is 17.6 Å². The first-order chi connectivity index (χ1) is 14.8. The number of hydrogen-bond acceptors (Lipinski definition) is 3. The summed E-state index contributed by atoms with van der Waals surface area (Å²) in [6, 6.07) is 15.8. The van der Waals surface area contributed by atoms with Crippen LogP contribution >= 0.6 is 11.6 Å². The van der Waals surface area contributed by atoms with Crippen LogP contribution in [0.3, 0.4) is 0 Å². The Morgan fingerprint density at radius 3 is 2.32 bits per heavy atom. The van der Waals surface area contributed by atoms with Crippen LogP contribution in [0.4, 0.5) is 4.39 Å². The van der Waals surface area contributed by atoms with E-state index in [-0.39, 0.29) is 22.3 Å². The molecule has 2 atom stereocenters. The summed E-state index contributed by atoms with van der Waals surface area (Å²) in [5.41, 5.74) is 2.21. The first kappa shape index (κ1) is 20.4. The summed E-state index contributed by atoms with van der Waals surface area (Å²) in [5.74, 6) is -0.492. The van der Waals surface area contributed by atoms with E-state index in [0.717, 1.165) is 29.8 Å². The zero-order valence-electron chi connectivity index (χ0n) is 16.5. The van der Waals surface area contributed by atoms with Crippen molar-refractivity contribution in [3.8, 4) is 11.1 Å². The summed E-state index contributed by atoms with van der Waals surface area (Å²) < 4.78 is 42.7. The van der Waals surface area contributed by atoms with Crippen molar-refractivity contribution < 1.29 is 12.8 Å². The lowest BCUT2D eigenvalue weighted by molar-refractivity contribution is 0.186. The monoisotopic (exact) mass is 458 g/mol. The number of benzene rings is 2. The number of rotatable bonds is 3. The van der Waals surface area contributed by atoms with Gasteiger partial charge in [0.25, 0.3) is 5.56 Å². The second-order valence-corrected chi connectivity index (χ2v) is 10.5. The van der Waals surface area contributed by atoms with Crippen molar-refractivity contribution >= 4 is 21.6 Å². The number of nitrogens with zero attached hydrogens (tertiary/aromatic N) is 2. The molecule has 2 aliphatic heterocycles. The Balaban J connectivity index is 1.48. The fourth-order valence-corrected chi connectivity index (χ4v) is 6.39. The predicted octanol–water partition coefficient (Wildman–Crippen LogP) is 4.12. The molecule has 160 valence electrons. The Morgan fingerprint density at radius 1 is 0.903 bits per heavy atom. The zero-order valence-corrected chi connectivity index (χ0v) is 18.1. The summed E-state index contributed by atoms with van der Waals surface area (Å²) in [6.07, 6.45) is 0.842. The van der Waals surface area contributed by atoms with Crippen molar-refractivity contribution in [2.24, 2.45) is 5.92 Å². The fraction of sp³-hybridized carbons (Fsp3) is 0.261.